The lowest BCUT2D eigenvalue weighted by molar-refractivity contribution is -0.135. The van der Waals surface area contributed by atoms with Gasteiger partial charge in [0.05, 0.1) is 0 Å². The topological polar surface area (TPSA) is 20.3 Å². The first-order valence-electron chi connectivity index (χ1n) is 6.05. The summed E-state index contributed by atoms with van der Waals surface area (Å²) >= 11 is 5.73. The molecular formula is C12H22ClNO. The second-order valence-electron chi connectivity index (χ2n) is 4.49. The van der Waals surface area contributed by atoms with Crippen LogP contribution in [-0.2, 0) is 4.79 Å². The van der Waals surface area contributed by atoms with Crippen LogP contribution in [0.15, 0.2) is 0 Å². The fourth-order valence-corrected chi connectivity index (χ4v) is 2.07. The Bertz CT molecular complexity index is 204. The van der Waals surface area contributed by atoms with Crippen LogP contribution in [0.2, 0.25) is 0 Å². The first kappa shape index (κ1) is 12.8. The van der Waals surface area contributed by atoms with Gasteiger partial charge in [-0.3, -0.25) is 4.79 Å². The van der Waals surface area contributed by atoms with Crippen molar-refractivity contribution in [1.82, 2.24) is 4.90 Å². The van der Waals surface area contributed by atoms with Crippen LogP contribution in [0, 0.1) is 11.8 Å². The van der Waals surface area contributed by atoms with Crippen LogP contribution in [0.3, 0.4) is 0 Å². The Morgan fingerprint density at radius 2 is 2.13 bits per heavy atom. The molecule has 0 N–H and O–H groups in total. The van der Waals surface area contributed by atoms with Gasteiger partial charge >= 0.3 is 0 Å². The van der Waals surface area contributed by atoms with E-state index < -0.39 is 0 Å². The van der Waals surface area contributed by atoms with Gasteiger partial charge in [0.2, 0.25) is 5.91 Å². The zero-order valence-electron chi connectivity index (χ0n) is 9.84. The van der Waals surface area contributed by atoms with E-state index in [1.165, 1.54) is 12.8 Å². The molecular weight excluding hydrogens is 210 g/mol. The summed E-state index contributed by atoms with van der Waals surface area (Å²) in [7, 11) is 0. The summed E-state index contributed by atoms with van der Waals surface area (Å²) in [5, 5.41) is 0. The predicted octanol–water partition coefficient (Wildman–Crippen LogP) is 2.90. The van der Waals surface area contributed by atoms with Gasteiger partial charge in [0.15, 0.2) is 0 Å². The molecule has 1 aliphatic rings. The van der Waals surface area contributed by atoms with Crippen LogP contribution in [0.5, 0.6) is 0 Å². The molecule has 0 spiro atoms. The third kappa shape index (κ3) is 4.02. The van der Waals surface area contributed by atoms with Crippen molar-refractivity contribution in [3.63, 3.8) is 0 Å². The molecule has 1 aliphatic carbocycles. The van der Waals surface area contributed by atoms with E-state index in [2.05, 4.69) is 13.8 Å². The first-order chi connectivity index (χ1) is 7.20. The lowest BCUT2D eigenvalue weighted by Gasteiger charge is -2.25. The molecule has 88 valence electrons. The minimum absolute atomic E-state index is 0.213. The van der Waals surface area contributed by atoms with Crippen molar-refractivity contribution in [2.75, 3.05) is 19.0 Å². The summed E-state index contributed by atoms with van der Waals surface area (Å²) in [5.74, 6) is 1.72. The summed E-state index contributed by atoms with van der Waals surface area (Å²) in [6.07, 6.45) is 4.68. The van der Waals surface area contributed by atoms with Crippen molar-refractivity contribution in [3.8, 4) is 0 Å². The highest BCUT2D eigenvalue weighted by Crippen LogP contribution is 2.37. The maximum absolute atomic E-state index is 12.1. The quantitative estimate of drug-likeness (QED) is 0.617. The summed E-state index contributed by atoms with van der Waals surface area (Å²) in [6.45, 7) is 5.79. The molecule has 1 saturated carbocycles. The lowest BCUT2D eigenvalue weighted by Crippen LogP contribution is -2.38. The molecule has 1 fully saturated rings. The molecule has 1 unspecified atom stereocenters. The highest BCUT2D eigenvalue weighted by Gasteiger charge is 2.34. The van der Waals surface area contributed by atoms with Crippen molar-refractivity contribution >= 4 is 17.5 Å². The normalized spacial score (nSPS) is 17.5. The Balaban J connectivity index is 2.41. The fourth-order valence-electron chi connectivity index (χ4n) is 1.87. The van der Waals surface area contributed by atoms with E-state index in [0.717, 1.165) is 19.4 Å². The minimum atomic E-state index is 0.213. The van der Waals surface area contributed by atoms with Gasteiger partial charge < -0.3 is 4.90 Å². The number of rotatable bonds is 7. The van der Waals surface area contributed by atoms with E-state index in [9.17, 15) is 4.79 Å². The van der Waals surface area contributed by atoms with Gasteiger partial charge in [0.1, 0.15) is 0 Å². The van der Waals surface area contributed by atoms with Gasteiger partial charge in [0, 0.05) is 24.9 Å². The third-order valence-corrected chi connectivity index (χ3v) is 3.34. The molecule has 0 bridgehead atoms. The monoisotopic (exact) mass is 231 g/mol. The summed E-state index contributed by atoms with van der Waals surface area (Å²) in [4.78, 5) is 14.0. The van der Waals surface area contributed by atoms with Crippen LogP contribution in [0.25, 0.3) is 0 Å². The van der Waals surface area contributed by atoms with Crippen LogP contribution < -0.4 is 0 Å². The summed E-state index contributed by atoms with van der Waals surface area (Å²) in [5.41, 5.74) is 0. The molecule has 1 amide bonds. The van der Waals surface area contributed by atoms with Crippen molar-refractivity contribution in [2.45, 2.75) is 39.5 Å². The van der Waals surface area contributed by atoms with E-state index in [0.29, 0.717) is 24.2 Å². The Kier molecular flexibility index (Phi) is 5.44. The number of amides is 1. The molecule has 0 aromatic rings. The molecule has 1 atom stereocenters. The average molecular weight is 232 g/mol. The number of hydrogen-bond acceptors (Lipinski definition) is 1. The molecule has 0 saturated heterocycles. The third-order valence-electron chi connectivity index (χ3n) is 3.17. The Morgan fingerprint density at radius 3 is 2.60 bits per heavy atom. The fraction of sp³-hybridized carbons (Fsp3) is 0.917. The smallest absolute Gasteiger partial charge is 0.225 e. The number of unbranched alkanes of at least 4 members (excludes halogenated alkanes) is 1. The molecule has 0 aromatic carbocycles. The molecule has 15 heavy (non-hydrogen) atoms. The molecule has 2 nitrogen and oxygen atoms in total. The van der Waals surface area contributed by atoms with Gasteiger partial charge in [-0.15, -0.1) is 11.6 Å². The molecule has 0 radical (unpaired) electrons. The van der Waals surface area contributed by atoms with E-state index in [4.69, 9.17) is 11.6 Å². The van der Waals surface area contributed by atoms with E-state index >= 15 is 0 Å². The maximum Gasteiger partial charge on any atom is 0.225 e. The van der Waals surface area contributed by atoms with E-state index in [1.807, 2.05) is 4.90 Å². The predicted molar refractivity (Wildman–Crippen MR) is 64.1 cm³/mol. The van der Waals surface area contributed by atoms with Crippen LogP contribution in [0.4, 0.5) is 0 Å². The van der Waals surface area contributed by atoms with Gasteiger partial charge in [0.25, 0.3) is 0 Å². The zero-order valence-corrected chi connectivity index (χ0v) is 10.6. The highest BCUT2D eigenvalue weighted by atomic mass is 35.5. The summed E-state index contributed by atoms with van der Waals surface area (Å²) in [6, 6.07) is 0. The van der Waals surface area contributed by atoms with Gasteiger partial charge in [-0.25, -0.2) is 0 Å². The van der Waals surface area contributed by atoms with Crippen LogP contribution in [0.1, 0.15) is 39.5 Å². The average Bonchev–Trinajstić information content (AvgIpc) is 3.05. The molecule has 0 aromatic heterocycles. The number of hydrogen-bond donors (Lipinski definition) is 0. The highest BCUT2D eigenvalue weighted by molar-refractivity contribution is 6.18. The summed E-state index contributed by atoms with van der Waals surface area (Å²) < 4.78 is 0. The Hall–Kier alpha value is -0.240. The molecule has 0 heterocycles. The lowest BCUT2D eigenvalue weighted by atomic mass is 10.0. The Morgan fingerprint density at radius 1 is 1.47 bits per heavy atom. The standard InChI is InChI=1S/C12H22ClNO/c1-3-4-8-14(9-7-13)12(15)10(2)11-5-6-11/h10-11H,3-9H2,1-2H3. The van der Waals surface area contributed by atoms with Crippen molar-refractivity contribution in [2.24, 2.45) is 11.8 Å². The molecule has 0 aliphatic heterocycles. The van der Waals surface area contributed by atoms with Crippen molar-refractivity contribution < 1.29 is 4.79 Å². The number of carbonyl (C=O) groups excluding carboxylic acids is 1. The largest absolute Gasteiger partial charge is 0.341 e. The number of nitrogens with zero attached hydrogens (tertiary/aromatic N) is 1. The second kappa shape index (κ2) is 6.37. The van der Waals surface area contributed by atoms with Gasteiger partial charge in [-0.1, -0.05) is 20.3 Å². The Labute approximate surface area is 98.0 Å². The minimum Gasteiger partial charge on any atom is -0.341 e. The van der Waals surface area contributed by atoms with Crippen molar-refractivity contribution in [3.05, 3.63) is 0 Å². The van der Waals surface area contributed by atoms with Crippen molar-refractivity contribution in [1.29, 1.82) is 0 Å². The SMILES string of the molecule is CCCCN(CCCl)C(=O)C(C)C1CC1. The van der Waals surface area contributed by atoms with Gasteiger partial charge in [-0.05, 0) is 25.2 Å². The molecule has 3 heteroatoms. The van der Waals surface area contributed by atoms with Crippen LogP contribution in [-0.4, -0.2) is 29.8 Å². The maximum atomic E-state index is 12.1. The molecule has 1 rings (SSSR count). The number of carbonyl (C=O) groups is 1. The van der Waals surface area contributed by atoms with Gasteiger partial charge in [-0.2, -0.15) is 0 Å². The van der Waals surface area contributed by atoms with E-state index in [1.54, 1.807) is 0 Å². The number of alkyl halides is 1. The zero-order chi connectivity index (χ0) is 11.3. The number of halogens is 1. The second-order valence-corrected chi connectivity index (χ2v) is 4.87. The first-order valence-corrected chi connectivity index (χ1v) is 6.58. The van der Waals surface area contributed by atoms with Crippen LogP contribution >= 0.6 is 11.6 Å². The van der Waals surface area contributed by atoms with E-state index in [-0.39, 0.29) is 5.92 Å².